The summed E-state index contributed by atoms with van der Waals surface area (Å²) in [7, 11) is 0. The summed E-state index contributed by atoms with van der Waals surface area (Å²) in [6.45, 7) is 7.56. The number of anilines is 2. The monoisotopic (exact) mass is 533 g/mol. The van der Waals surface area contributed by atoms with Gasteiger partial charge in [-0.1, -0.05) is 43.2 Å². The highest BCUT2D eigenvalue weighted by Gasteiger charge is 2.40. The summed E-state index contributed by atoms with van der Waals surface area (Å²) in [5.41, 5.74) is 6.98. The molecule has 2 aromatic heterocycles. The van der Waals surface area contributed by atoms with Gasteiger partial charge in [-0.25, -0.2) is 9.78 Å². The average molecular weight is 534 g/mol. The number of carbonyl (C=O) groups excluding carboxylic acids is 2. The largest absolute Gasteiger partial charge is 0.594 e. The summed E-state index contributed by atoms with van der Waals surface area (Å²) >= 11 is 0. The molecule has 0 unspecified atom stereocenters. The van der Waals surface area contributed by atoms with E-state index in [2.05, 4.69) is 25.7 Å². The molecular weight excluding hydrogens is 498 g/mol. The number of nitrogens with zero attached hydrogens (tertiary/aromatic N) is 3. The van der Waals surface area contributed by atoms with Gasteiger partial charge in [0.05, 0.1) is 10.5 Å². The number of para-hydroxylation sites is 3. The van der Waals surface area contributed by atoms with Crippen molar-refractivity contribution < 1.29 is 19.2 Å². The van der Waals surface area contributed by atoms with E-state index in [4.69, 9.17) is 10.5 Å². The molecule has 0 fully saturated rings. The van der Waals surface area contributed by atoms with E-state index >= 15 is 0 Å². The maximum atomic E-state index is 13.6. The Morgan fingerprint density at radius 3 is 2.54 bits per heavy atom. The van der Waals surface area contributed by atoms with Crippen molar-refractivity contribution in [1.82, 2.24) is 20.4 Å². The van der Waals surface area contributed by atoms with Gasteiger partial charge in [0.1, 0.15) is 16.9 Å². The second kappa shape index (κ2) is 11.1. The summed E-state index contributed by atoms with van der Waals surface area (Å²) in [6.07, 6.45) is 1.85. The molecule has 4 rings (SSSR count). The van der Waals surface area contributed by atoms with E-state index in [1.807, 2.05) is 30.3 Å². The molecule has 2 heterocycles. The number of alkyl carbamates (subject to hydrolysis) is 1. The number of unbranched alkanes of at least 4 members (excludes halogenated alkanes) is 2. The Bertz CT molecular complexity index is 1490. The number of nitrogens with one attached hydrogen (secondary N) is 3. The molecule has 206 valence electrons. The third kappa shape index (κ3) is 6.36. The number of nitrogen functional groups attached to an aromatic ring is 1. The molecule has 4 aromatic rings. The maximum absolute atomic E-state index is 13.6. The molecular formula is C28H35N7O4. The van der Waals surface area contributed by atoms with Crippen molar-refractivity contribution in [2.75, 3.05) is 17.6 Å². The molecule has 0 aliphatic rings. The van der Waals surface area contributed by atoms with Crippen LogP contribution in [0.3, 0.4) is 0 Å². The number of hydrogen-bond donors (Lipinski definition) is 4. The van der Waals surface area contributed by atoms with E-state index in [-0.39, 0.29) is 5.95 Å². The Balaban J connectivity index is 1.43. The van der Waals surface area contributed by atoms with E-state index in [0.717, 1.165) is 23.7 Å². The number of ether oxygens (including phenoxy) is 1. The van der Waals surface area contributed by atoms with Gasteiger partial charge in [-0.3, -0.25) is 10.1 Å². The molecule has 39 heavy (non-hydrogen) atoms. The third-order valence-electron chi connectivity index (χ3n) is 6.54. The number of rotatable bonds is 9. The number of aromatic amines is 1. The summed E-state index contributed by atoms with van der Waals surface area (Å²) < 4.78 is 5.32. The molecule has 1 atom stereocenters. The zero-order chi connectivity index (χ0) is 28.2. The van der Waals surface area contributed by atoms with Gasteiger partial charge >= 0.3 is 6.09 Å². The van der Waals surface area contributed by atoms with Gasteiger partial charge < -0.3 is 26.0 Å². The van der Waals surface area contributed by atoms with Crippen LogP contribution in [0.1, 0.15) is 58.9 Å². The predicted octanol–water partition coefficient (Wildman–Crippen LogP) is 4.31. The lowest BCUT2D eigenvalue weighted by Crippen LogP contribution is -2.46. The quantitative estimate of drug-likeness (QED) is 0.141. The molecule has 0 spiro atoms. The van der Waals surface area contributed by atoms with Crippen LogP contribution < -0.4 is 21.2 Å². The molecule has 0 radical (unpaired) electrons. The molecule has 5 N–H and O–H groups in total. The summed E-state index contributed by atoms with van der Waals surface area (Å²) in [5, 5.41) is 22.4. The number of hydrogen-bond acceptors (Lipinski definition) is 8. The zero-order valence-corrected chi connectivity index (χ0v) is 22.7. The molecule has 0 saturated carbocycles. The third-order valence-corrected chi connectivity index (χ3v) is 6.54. The highest BCUT2D eigenvalue weighted by atomic mass is 16.6. The Morgan fingerprint density at radius 2 is 1.77 bits per heavy atom. The van der Waals surface area contributed by atoms with Crippen LogP contribution in [0, 0.1) is 5.21 Å². The summed E-state index contributed by atoms with van der Waals surface area (Å²) in [6, 6.07) is 14.6. The van der Waals surface area contributed by atoms with Crippen LogP contribution in [-0.4, -0.2) is 39.2 Å². The number of imide groups is 1. The molecule has 0 aliphatic carbocycles. The highest BCUT2D eigenvalue weighted by molar-refractivity contribution is 6.03. The van der Waals surface area contributed by atoms with E-state index in [1.54, 1.807) is 45.9 Å². The van der Waals surface area contributed by atoms with E-state index in [9.17, 15) is 14.8 Å². The molecule has 2 amide bonds. The minimum atomic E-state index is -1.09. The van der Waals surface area contributed by atoms with Crippen molar-refractivity contribution in [3.63, 3.8) is 0 Å². The van der Waals surface area contributed by atoms with Gasteiger partial charge in [0.25, 0.3) is 11.5 Å². The Labute approximate surface area is 226 Å². The second-order valence-electron chi connectivity index (χ2n) is 10.8. The molecule has 11 heteroatoms. The van der Waals surface area contributed by atoms with E-state index < -0.39 is 23.0 Å². The predicted molar refractivity (Wildman–Crippen MR) is 150 cm³/mol. The average Bonchev–Trinajstić information content (AvgIpc) is 3.21. The first-order valence-electron chi connectivity index (χ1n) is 13.0. The Hall–Kier alpha value is -4.41. The fraction of sp³-hybridized carbons (Fsp3) is 0.393. The smallest absolute Gasteiger partial charge is 0.414 e. The molecule has 0 aliphatic heterocycles. The minimum absolute atomic E-state index is 0.261. The van der Waals surface area contributed by atoms with Crippen molar-refractivity contribution in [3.8, 4) is 0 Å². The normalized spacial score (nSPS) is 13.2. The molecule has 0 bridgehead atoms. The SMILES string of the molecule is CC(C)(C)OC(=O)NC(=O)[C@@](C)(CCCCCNc1nc2ccccc2[n+]([O-])n1)c1c(N)[nH]c2ccccc12. The number of H-pyrrole nitrogens is 1. The van der Waals surface area contributed by atoms with Crippen molar-refractivity contribution in [2.45, 2.75) is 64.4 Å². The van der Waals surface area contributed by atoms with Crippen molar-refractivity contribution in [3.05, 3.63) is 59.3 Å². The first-order chi connectivity index (χ1) is 18.5. The fourth-order valence-corrected chi connectivity index (χ4v) is 4.70. The van der Waals surface area contributed by atoms with Crippen LogP contribution in [0.25, 0.3) is 21.9 Å². The summed E-state index contributed by atoms with van der Waals surface area (Å²) in [5.74, 6) is 0.173. The lowest BCUT2D eigenvalue weighted by Gasteiger charge is -2.29. The van der Waals surface area contributed by atoms with Gasteiger partial charge in [-0.2, -0.15) is 0 Å². The van der Waals surface area contributed by atoms with Crippen molar-refractivity contribution in [2.24, 2.45) is 0 Å². The van der Waals surface area contributed by atoms with Crippen molar-refractivity contribution >= 4 is 45.7 Å². The minimum Gasteiger partial charge on any atom is -0.594 e. The van der Waals surface area contributed by atoms with Gasteiger partial charge in [0.2, 0.25) is 5.91 Å². The van der Waals surface area contributed by atoms with Crippen LogP contribution in [0.5, 0.6) is 0 Å². The zero-order valence-electron chi connectivity index (χ0n) is 22.7. The van der Waals surface area contributed by atoms with Crippen LogP contribution >= 0.6 is 0 Å². The van der Waals surface area contributed by atoms with Crippen LogP contribution in [0.15, 0.2) is 48.5 Å². The van der Waals surface area contributed by atoms with Crippen LogP contribution in [0.4, 0.5) is 16.6 Å². The van der Waals surface area contributed by atoms with Crippen molar-refractivity contribution in [1.29, 1.82) is 0 Å². The molecule has 0 saturated heterocycles. The standard InChI is InChI=1S/C28H35N7O4/c1-27(2,3)39-26(37)33-24(36)28(4,22-18-12-6-7-13-19(18)31-23(22)29)16-10-5-11-17-30-25-32-20-14-8-9-15-21(20)35(38)34-25/h6-9,12-15,31H,5,10-11,16-17,29H2,1-4H3,(H,30,32,34)(H,33,36,37)/t28-/m0/s1. The Morgan fingerprint density at radius 1 is 1.05 bits per heavy atom. The molecule has 11 nitrogen and oxygen atoms in total. The van der Waals surface area contributed by atoms with Gasteiger partial charge in [0.15, 0.2) is 0 Å². The van der Waals surface area contributed by atoms with Crippen LogP contribution in [0.2, 0.25) is 0 Å². The first-order valence-corrected chi connectivity index (χ1v) is 13.0. The van der Waals surface area contributed by atoms with Gasteiger partial charge in [0, 0.05) is 29.1 Å². The topological polar surface area (TPSA) is 162 Å². The number of fused-ring (bicyclic) bond motifs is 2. The second-order valence-corrected chi connectivity index (χ2v) is 10.8. The van der Waals surface area contributed by atoms with Gasteiger partial charge in [-0.05, 0) is 57.5 Å². The highest BCUT2D eigenvalue weighted by Crippen LogP contribution is 2.39. The van der Waals surface area contributed by atoms with Crippen LogP contribution in [-0.2, 0) is 14.9 Å². The number of nitrogens with two attached hydrogens (primary N) is 1. The number of aromatic nitrogens is 4. The number of amides is 2. The maximum Gasteiger partial charge on any atom is 0.414 e. The summed E-state index contributed by atoms with van der Waals surface area (Å²) in [4.78, 5) is 34.1. The van der Waals surface area contributed by atoms with E-state index in [1.165, 1.54) is 0 Å². The lowest BCUT2D eigenvalue weighted by molar-refractivity contribution is -0.641. The number of carbonyl (C=O) groups is 2. The molecule has 2 aromatic carbocycles. The van der Waals surface area contributed by atoms with E-state index in [0.29, 0.717) is 46.6 Å². The fourth-order valence-electron chi connectivity index (χ4n) is 4.70. The first kappa shape index (κ1) is 27.6. The lowest BCUT2D eigenvalue weighted by atomic mass is 9.76. The van der Waals surface area contributed by atoms with Gasteiger partial charge in [-0.15, -0.1) is 0 Å². The number of benzene rings is 2. The Kier molecular flexibility index (Phi) is 7.89.